The number of hydrazone groups is 1. The highest BCUT2D eigenvalue weighted by Gasteiger charge is 1.98. The molecule has 1 aromatic heterocycles. The van der Waals surface area contributed by atoms with Crippen molar-refractivity contribution < 1.29 is 0 Å². The predicted molar refractivity (Wildman–Crippen MR) is 43.9 cm³/mol. The van der Waals surface area contributed by atoms with Crippen LogP contribution >= 0.6 is 0 Å². The first-order valence-corrected chi connectivity index (χ1v) is 3.18. The Morgan fingerprint density at radius 2 is 2.33 bits per heavy atom. The molecule has 0 radical (unpaired) electrons. The van der Waals surface area contributed by atoms with Gasteiger partial charge in [0.25, 0.3) is 0 Å². The Morgan fingerprint density at radius 3 is 2.75 bits per heavy atom. The Morgan fingerprint density at radius 1 is 1.58 bits per heavy atom. The number of pyridine rings is 1. The van der Waals surface area contributed by atoms with Crippen molar-refractivity contribution in [1.82, 2.24) is 4.98 Å². The fraction of sp³-hybridized carbons (Fsp3) is 0. The van der Waals surface area contributed by atoms with Crippen LogP contribution in [0.3, 0.4) is 0 Å². The van der Waals surface area contributed by atoms with E-state index in [-0.39, 0.29) is 5.84 Å². The largest absolute Gasteiger partial charge is 0.380 e. The number of rotatable bonds is 1. The van der Waals surface area contributed by atoms with E-state index in [1.165, 1.54) is 6.20 Å². The molecule has 5 nitrogen and oxygen atoms in total. The maximum atomic E-state index is 8.45. The van der Waals surface area contributed by atoms with E-state index in [2.05, 4.69) is 10.1 Å². The standard InChI is InChI=1S/C7H7N5/c8-3-5-1-2-6(11-4-5)7(9)12-10/h1-2,4H,10H2,(H2,9,12). The molecule has 0 fully saturated rings. The van der Waals surface area contributed by atoms with Gasteiger partial charge in [-0.25, -0.2) is 0 Å². The second-order valence-corrected chi connectivity index (χ2v) is 2.06. The summed E-state index contributed by atoms with van der Waals surface area (Å²) in [4.78, 5) is 3.86. The van der Waals surface area contributed by atoms with Crippen LogP contribution in [0.2, 0.25) is 0 Å². The lowest BCUT2D eigenvalue weighted by atomic mass is 10.2. The molecule has 0 amide bonds. The minimum atomic E-state index is 0.152. The Bertz CT molecular complexity index is 332. The third-order valence-electron chi connectivity index (χ3n) is 1.29. The van der Waals surface area contributed by atoms with Crippen molar-refractivity contribution in [3.63, 3.8) is 0 Å². The van der Waals surface area contributed by atoms with Crippen LogP contribution in [0.1, 0.15) is 11.3 Å². The molecule has 1 rings (SSSR count). The molecule has 0 atom stereocenters. The van der Waals surface area contributed by atoms with E-state index in [1.54, 1.807) is 12.1 Å². The highest BCUT2D eigenvalue weighted by Crippen LogP contribution is 1.97. The van der Waals surface area contributed by atoms with Gasteiger partial charge >= 0.3 is 0 Å². The SMILES string of the molecule is N#Cc1ccc(C(N)=NN)nc1. The van der Waals surface area contributed by atoms with E-state index in [4.69, 9.17) is 16.8 Å². The van der Waals surface area contributed by atoms with E-state index in [0.717, 1.165) is 0 Å². The van der Waals surface area contributed by atoms with Crippen LogP contribution in [-0.2, 0) is 0 Å². The van der Waals surface area contributed by atoms with E-state index in [9.17, 15) is 0 Å². The van der Waals surface area contributed by atoms with Gasteiger partial charge in [0.2, 0.25) is 0 Å². The summed E-state index contributed by atoms with van der Waals surface area (Å²) in [6, 6.07) is 5.12. The number of nitriles is 1. The van der Waals surface area contributed by atoms with Crippen molar-refractivity contribution >= 4 is 5.84 Å². The van der Waals surface area contributed by atoms with Crippen molar-refractivity contribution in [2.24, 2.45) is 16.7 Å². The summed E-state index contributed by atoms with van der Waals surface area (Å²) in [6.07, 6.45) is 1.41. The molecule has 0 spiro atoms. The zero-order valence-electron chi connectivity index (χ0n) is 6.23. The van der Waals surface area contributed by atoms with Gasteiger partial charge in [0, 0.05) is 6.20 Å². The number of hydrogen-bond acceptors (Lipinski definition) is 4. The molecule has 0 aliphatic carbocycles. The fourth-order valence-electron chi connectivity index (χ4n) is 0.678. The molecule has 1 heterocycles. The molecular formula is C7H7N5. The zero-order chi connectivity index (χ0) is 8.97. The quantitative estimate of drug-likeness (QED) is 0.251. The normalized spacial score (nSPS) is 10.8. The molecule has 0 aliphatic rings. The summed E-state index contributed by atoms with van der Waals surface area (Å²) in [6.45, 7) is 0. The van der Waals surface area contributed by atoms with Crippen LogP contribution in [0.4, 0.5) is 0 Å². The maximum absolute atomic E-state index is 8.45. The van der Waals surface area contributed by atoms with Crippen LogP contribution in [0, 0.1) is 11.3 Å². The lowest BCUT2D eigenvalue weighted by molar-refractivity contribution is 1.19. The average molecular weight is 161 g/mol. The predicted octanol–water partition coefficient (Wildman–Crippen LogP) is -0.468. The molecule has 0 saturated heterocycles. The number of hydrogen-bond donors (Lipinski definition) is 2. The second-order valence-electron chi connectivity index (χ2n) is 2.06. The molecule has 4 N–H and O–H groups in total. The van der Waals surface area contributed by atoms with E-state index in [0.29, 0.717) is 11.3 Å². The molecule has 0 aliphatic heterocycles. The van der Waals surface area contributed by atoms with E-state index < -0.39 is 0 Å². The van der Waals surface area contributed by atoms with Crippen LogP contribution in [0.15, 0.2) is 23.4 Å². The van der Waals surface area contributed by atoms with Gasteiger partial charge in [0.15, 0.2) is 5.84 Å². The number of nitrogens with zero attached hydrogens (tertiary/aromatic N) is 3. The van der Waals surface area contributed by atoms with Crippen LogP contribution in [-0.4, -0.2) is 10.8 Å². The third-order valence-corrected chi connectivity index (χ3v) is 1.29. The van der Waals surface area contributed by atoms with Crippen LogP contribution < -0.4 is 11.6 Å². The number of nitrogens with two attached hydrogens (primary N) is 2. The molecule has 0 bridgehead atoms. The fourth-order valence-corrected chi connectivity index (χ4v) is 0.678. The smallest absolute Gasteiger partial charge is 0.168 e. The second kappa shape index (κ2) is 3.34. The Labute approximate surface area is 69.3 Å². The molecule has 60 valence electrons. The van der Waals surface area contributed by atoms with Gasteiger partial charge in [0.05, 0.1) is 5.56 Å². The summed E-state index contributed by atoms with van der Waals surface area (Å²) in [5.74, 6) is 5.08. The Balaban J connectivity index is 3.02. The van der Waals surface area contributed by atoms with E-state index >= 15 is 0 Å². The van der Waals surface area contributed by atoms with Gasteiger partial charge in [-0.1, -0.05) is 0 Å². The average Bonchev–Trinajstić information content (AvgIpc) is 2.17. The first-order chi connectivity index (χ1) is 5.77. The Kier molecular flexibility index (Phi) is 2.23. The van der Waals surface area contributed by atoms with Crippen molar-refractivity contribution in [2.45, 2.75) is 0 Å². The third kappa shape index (κ3) is 1.49. The Hall–Kier alpha value is -2.09. The first kappa shape index (κ1) is 8.01. The highest BCUT2D eigenvalue weighted by atomic mass is 15.2. The van der Waals surface area contributed by atoms with Gasteiger partial charge < -0.3 is 11.6 Å². The van der Waals surface area contributed by atoms with Gasteiger partial charge in [-0.3, -0.25) is 4.98 Å². The summed E-state index contributed by atoms with van der Waals surface area (Å²) in [5.41, 5.74) is 6.31. The molecule has 0 unspecified atom stereocenters. The van der Waals surface area contributed by atoms with Crippen molar-refractivity contribution in [3.05, 3.63) is 29.6 Å². The van der Waals surface area contributed by atoms with E-state index in [1.807, 2.05) is 6.07 Å². The summed E-state index contributed by atoms with van der Waals surface area (Å²) in [5, 5.41) is 11.7. The molecule has 5 heteroatoms. The topological polar surface area (TPSA) is 101 Å². The molecule has 0 aromatic carbocycles. The maximum Gasteiger partial charge on any atom is 0.168 e. The lowest BCUT2D eigenvalue weighted by Gasteiger charge is -1.96. The van der Waals surface area contributed by atoms with Gasteiger partial charge in [-0.15, -0.1) is 0 Å². The molecule has 12 heavy (non-hydrogen) atoms. The summed E-state index contributed by atoms with van der Waals surface area (Å²) >= 11 is 0. The number of amidine groups is 1. The van der Waals surface area contributed by atoms with Gasteiger partial charge in [-0.05, 0) is 12.1 Å². The minimum absolute atomic E-state index is 0.152. The lowest BCUT2D eigenvalue weighted by Crippen LogP contribution is -2.16. The zero-order valence-corrected chi connectivity index (χ0v) is 6.23. The van der Waals surface area contributed by atoms with Crippen LogP contribution in [0.25, 0.3) is 0 Å². The van der Waals surface area contributed by atoms with Crippen molar-refractivity contribution in [1.29, 1.82) is 5.26 Å². The minimum Gasteiger partial charge on any atom is -0.380 e. The summed E-state index contributed by atoms with van der Waals surface area (Å²) in [7, 11) is 0. The first-order valence-electron chi connectivity index (χ1n) is 3.18. The van der Waals surface area contributed by atoms with Crippen molar-refractivity contribution in [3.8, 4) is 6.07 Å². The monoisotopic (exact) mass is 161 g/mol. The van der Waals surface area contributed by atoms with Gasteiger partial charge in [0.1, 0.15) is 11.8 Å². The van der Waals surface area contributed by atoms with Gasteiger partial charge in [-0.2, -0.15) is 10.4 Å². The molecular weight excluding hydrogens is 154 g/mol. The van der Waals surface area contributed by atoms with Crippen molar-refractivity contribution in [2.75, 3.05) is 0 Å². The molecule has 0 saturated carbocycles. The molecule has 1 aromatic rings. The van der Waals surface area contributed by atoms with Crippen LogP contribution in [0.5, 0.6) is 0 Å². The number of aromatic nitrogens is 1. The highest BCUT2D eigenvalue weighted by molar-refractivity contribution is 5.95. The summed E-state index contributed by atoms with van der Waals surface area (Å²) < 4.78 is 0.